The SMILES string of the molecule is CC(C)c1ccc(CCNC(=O)CN2CCC(N)C(C)(C)C2)cc1. The molecule has 1 aliphatic rings. The molecule has 2 rings (SSSR count). The Kier molecular flexibility index (Phi) is 6.41. The largest absolute Gasteiger partial charge is 0.355 e. The molecule has 1 aliphatic heterocycles. The Morgan fingerprint density at radius 3 is 2.58 bits per heavy atom. The van der Waals surface area contributed by atoms with Crippen LogP contribution in [0.3, 0.4) is 0 Å². The summed E-state index contributed by atoms with van der Waals surface area (Å²) < 4.78 is 0. The van der Waals surface area contributed by atoms with Gasteiger partial charge in [0, 0.05) is 25.7 Å². The molecule has 1 aromatic carbocycles. The summed E-state index contributed by atoms with van der Waals surface area (Å²) >= 11 is 0. The maximum atomic E-state index is 12.2. The van der Waals surface area contributed by atoms with Gasteiger partial charge in [-0.1, -0.05) is 52.0 Å². The first-order chi connectivity index (χ1) is 11.3. The lowest BCUT2D eigenvalue weighted by molar-refractivity contribution is -0.123. The summed E-state index contributed by atoms with van der Waals surface area (Å²) in [4.78, 5) is 14.4. The van der Waals surface area contributed by atoms with E-state index in [1.165, 1.54) is 11.1 Å². The Balaban J connectivity index is 1.71. The van der Waals surface area contributed by atoms with Crippen molar-refractivity contribution in [3.63, 3.8) is 0 Å². The minimum absolute atomic E-state index is 0.0801. The predicted octanol–water partition coefficient (Wildman–Crippen LogP) is 2.53. The second kappa shape index (κ2) is 8.13. The van der Waals surface area contributed by atoms with Crippen LogP contribution < -0.4 is 11.1 Å². The Hall–Kier alpha value is -1.39. The van der Waals surface area contributed by atoms with Crippen molar-refractivity contribution in [1.82, 2.24) is 10.2 Å². The predicted molar refractivity (Wildman–Crippen MR) is 100 cm³/mol. The van der Waals surface area contributed by atoms with Crippen molar-refractivity contribution in [2.75, 3.05) is 26.2 Å². The van der Waals surface area contributed by atoms with E-state index in [-0.39, 0.29) is 17.4 Å². The van der Waals surface area contributed by atoms with Crippen molar-refractivity contribution < 1.29 is 4.79 Å². The van der Waals surface area contributed by atoms with Crippen molar-refractivity contribution in [3.05, 3.63) is 35.4 Å². The first-order valence-electron chi connectivity index (χ1n) is 9.11. The van der Waals surface area contributed by atoms with Gasteiger partial charge >= 0.3 is 0 Å². The fourth-order valence-electron chi connectivity index (χ4n) is 3.29. The topological polar surface area (TPSA) is 58.4 Å². The fraction of sp³-hybridized carbons (Fsp3) is 0.650. The van der Waals surface area contributed by atoms with Crippen LogP contribution in [-0.4, -0.2) is 43.0 Å². The summed E-state index contributed by atoms with van der Waals surface area (Å²) in [5, 5.41) is 3.04. The number of nitrogens with two attached hydrogens (primary N) is 1. The number of nitrogens with one attached hydrogen (secondary N) is 1. The summed E-state index contributed by atoms with van der Waals surface area (Å²) in [5.41, 5.74) is 8.86. The molecule has 0 radical (unpaired) electrons. The third kappa shape index (κ3) is 5.32. The zero-order valence-electron chi connectivity index (χ0n) is 15.6. The summed E-state index contributed by atoms with van der Waals surface area (Å²) in [6.07, 6.45) is 1.84. The average Bonchev–Trinajstić information content (AvgIpc) is 2.51. The van der Waals surface area contributed by atoms with Gasteiger partial charge in [-0.05, 0) is 35.3 Å². The van der Waals surface area contributed by atoms with E-state index in [4.69, 9.17) is 5.73 Å². The smallest absolute Gasteiger partial charge is 0.234 e. The molecule has 134 valence electrons. The number of piperidine rings is 1. The number of amides is 1. The molecule has 0 bridgehead atoms. The highest BCUT2D eigenvalue weighted by molar-refractivity contribution is 5.78. The maximum Gasteiger partial charge on any atom is 0.234 e. The van der Waals surface area contributed by atoms with E-state index in [2.05, 4.69) is 62.2 Å². The van der Waals surface area contributed by atoms with Crippen LogP contribution in [0.25, 0.3) is 0 Å². The average molecular weight is 332 g/mol. The van der Waals surface area contributed by atoms with E-state index in [1.54, 1.807) is 0 Å². The van der Waals surface area contributed by atoms with E-state index in [0.717, 1.165) is 25.9 Å². The van der Waals surface area contributed by atoms with Crippen molar-refractivity contribution in [3.8, 4) is 0 Å². The monoisotopic (exact) mass is 331 g/mol. The summed E-state index contributed by atoms with van der Waals surface area (Å²) in [5.74, 6) is 0.667. The highest BCUT2D eigenvalue weighted by Crippen LogP contribution is 2.27. The number of likely N-dealkylation sites (tertiary alicyclic amines) is 1. The zero-order valence-corrected chi connectivity index (χ0v) is 15.6. The molecule has 1 amide bonds. The second-order valence-electron chi connectivity index (χ2n) is 8.09. The molecule has 24 heavy (non-hydrogen) atoms. The van der Waals surface area contributed by atoms with Crippen molar-refractivity contribution in [2.45, 2.75) is 52.5 Å². The standard InChI is InChI=1S/C20H33N3O/c1-15(2)17-7-5-16(6-8-17)9-11-22-19(24)13-23-12-10-18(21)20(3,4)14-23/h5-8,15,18H,9-14,21H2,1-4H3,(H,22,24). The highest BCUT2D eigenvalue weighted by Gasteiger charge is 2.33. The molecule has 0 saturated carbocycles. The van der Waals surface area contributed by atoms with Crippen LogP contribution in [0.2, 0.25) is 0 Å². The van der Waals surface area contributed by atoms with Crippen molar-refractivity contribution in [1.29, 1.82) is 0 Å². The Morgan fingerprint density at radius 1 is 1.33 bits per heavy atom. The van der Waals surface area contributed by atoms with Gasteiger partial charge in [0.25, 0.3) is 0 Å². The molecular weight excluding hydrogens is 298 g/mol. The van der Waals surface area contributed by atoms with Gasteiger partial charge < -0.3 is 11.1 Å². The van der Waals surface area contributed by atoms with Crippen LogP contribution in [0, 0.1) is 5.41 Å². The van der Waals surface area contributed by atoms with Gasteiger partial charge in [-0.3, -0.25) is 9.69 Å². The number of nitrogens with zero attached hydrogens (tertiary/aromatic N) is 1. The normalized spacial score (nSPS) is 21.0. The summed E-state index contributed by atoms with van der Waals surface area (Å²) in [6, 6.07) is 8.92. The van der Waals surface area contributed by atoms with Crippen molar-refractivity contribution in [2.24, 2.45) is 11.1 Å². The van der Waals surface area contributed by atoms with E-state index in [0.29, 0.717) is 19.0 Å². The van der Waals surface area contributed by atoms with Gasteiger partial charge in [-0.25, -0.2) is 0 Å². The van der Waals surface area contributed by atoms with Gasteiger partial charge in [0.15, 0.2) is 0 Å². The number of hydrogen-bond donors (Lipinski definition) is 2. The van der Waals surface area contributed by atoms with Crippen molar-refractivity contribution >= 4 is 5.91 Å². The van der Waals surface area contributed by atoms with Gasteiger partial charge in [-0.15, -0.1) is 0 Å². The lowest BCUT2D eigenvalue weighted by Gasteiger charge is -2.42. The lowest BCUT2D eigenvalue weighted by atomic mass is 9.80. The molecule has 1 fully saturated rings. The number of benzene rings is 1. The molecule has 3 N–H and O–H groups in total. The molecule has 1 heterocycles. The maximum absolute atomic E-state index is 12.2. The minimum atomic E-state index is 0.0801. The number of hydrogen-bond acceptors (Lipinski definition) is 3. The number of rotatable bonds is 6. The molecule has 1 saturated heterocycles. The highest BCUT2D eigenvalue weighted by atomic mass is 16.2. The minimum Gasteiger partial charge on any atom is -0.355 e. The molecule has 0 aliphatic carbocycles. The third-order valence-corrected chi connectivity index (χ3v) is 5.14. The van der Waals surface area contributed by atoms with Gasteiger partial charge in [0.05, 0.1) is 6.54 Å². The van der Waals surface area contributed by atoms with Crippen LogP contribution in [-0.2, 0) is 11.2 Å². The molecular formula is C20H33N3O. The quantitative estimate of drug-likeness (QED) is 0.842. The van der Waals surface area contributed by atoms with Crippen LogP contribution in [0.4, 0.5) is 0 Å². The van der Waals surface area contributed by atoms with E-state index in [9.17, 15) is 4.79 Å². The number of carbonyl (C=O) groups excluding carboxylic acids is 1. The van der Waals surface area contributed by atoms with Gasteiger partial charge in [0.2, 0.25) is 5.91 Å². The first kappa shape index (κ1) is 18.9. The molecule has 4 heteroatoms. The third-order valence-electron chi connectivity index (χ3n) is 5.14. The van der Waals surface area contributed by atoms with Crippen LogP contribution in [0.15, 0.2) is 24.3 Å². The Morgan fingerprint density at radius 2 is 2.00 bits per heavy atom. The summed E-state index contributed by atoms with van der Waals surface area (Å²) in [7, 11) is 0. The molecule has 1 unspecified atom stereocenters. The van der Waals surface area contributed by atoms with E-state index in [1.807, 2.05) is 0 Å². The Labute approximate surface area is 146 Å². The fourth-order valence-corrected chi connectivity index (χ4v) is 3.29. The van der Waals surface area contributed by atoms with E-state index >= 15 is 0 Å². The van der Waals surface area contributed by atoms with E-state index < -0.39 is 0 Å². The molecule has 1 atom stereocenters. The number of carbonyl (C=O) groups is 1. The van der Waals surface area contributed by atoms with Gasteiger partial charge in [0.1, 0.15) is 0 Å². The van der Waals surface area contributed by atoms with Gasteiger partial charge in [-0.2, -0.15) is 0 Å². The van der Waals surface area contributed by atoms with Crippen LogP contribution >= 0.6 is 0 Å². The summed E-state index contributed by atoms with van der Waals surface area (Å²) in [6.45, 7) is 11.7. The van der Waals surface area contributed by atoms with Crippen LogP contribution in [0.5, 0.6) is 0 Å². The molecule has 0 aromatic heterocycles. The first-order valence-corrected chi connectivity index (χ1v) is 9.11. The zero-order chi connectivity index (χ0) is 17.7. The molecule has 4 nitrogen and oxygen atoms in total. The second-order valence-corrected chi connectivity index (χ2v) is 8.09. The Bertz CT molecular complexity index is 536. The lowest BCUT2D eigenvalue weighted by Crippen LogP contribution is -2.54. The molecule has 1 aromatic rings. The van der Waals surface area contributed by atoms with Crippen LogP contribution in [0.1, 0.15) is 51.2 Å². The molecule has 0 spiro atoms.